The number of hydrogen-bond donors (Lipinski definition) is 1. The summed E-state index contributed by atoms with van der Waals surface area (Å²) in [5, 5.41) is 4.32. The molecule has 1 aliphatic heterocycles. The Kier molecular flexibility index (Phi) is 5.27. The van der Waals surface area contributed by atoms with E-state index in [-0.39, 0.29) is 0 Å². The van der Waals surface area contributed by atoms with Crippen LogP contribution in [-0.4, -0.2) is 39.5 Å². The highest BCUT2D eigenvalue weighted by atomic mass is 35.5. The zero-order chi connectivity index (χ0) is 17.8. The first kappa shape index (κ1) is 17.2. The van der Waals surface area contributed by atoms with Gasteiger partial charge in [0, 0.05) is 30.5 Å². The predicted octanol–water partition coefficient (Wildman–Crippen LogP) is 4.00. The molecule has 0 saturated carbocycles. The minimum absolute atomic E-state index is 0.664. The lowest BCUT2D eigenvalue weighted by Gasteiger charge is -2.32. The van der Waals surface area contributed by atoms with Crippen molar-refractivity contribution in [2.45, 2.75) is 19.4 Å². The Morgan fingerprint density at radius 3 is 2.69 bits per heavy atom. The third-order valence-corrected chi connectivity index (χ3v) is 5.33. The zero-order valence-electron chi connectivity index (χ0n) is 14.6. The second-order valence-corrected chi connectivity index (χ2v) is 7.19. The molecule has 3 aromatic rings. The lowest BCUT2D eigenvalue weighted by molar-refractivity contribution is 0.182. The lowest BCUT2D eigenvalue weighted by Crippen LogP contribution is -2.35. The molecule has 0 radical (unpaired) electrons. The smallest absolute Gasteiger partial charge is 0.180 e. The van der Waals surface area contributed by atoms with Gasteiger partial charge in [-0.15, -0.1) is 0 Å². The van der Waals surface area contributed by atoms with Crippen LogP contribution in [0.25, 0.3) is 11.2 Å². The number of benzene rings is 1. The van der Waals surface area contributed by atoms with Crippen LogP contribution in [0.4, 0.5) is 5.82 Å². The summed E-state index contributed by atoms with van der Waals surface area (Å²) >= 11 is 6.28. The van der Waals surface area contributed by atoms with Crippen LogP contribution in [-0.2, 0) is 6.54 Å². The Labute approximate surface area is 158 Å². The molecule has 5 nitrogen and oxygen atoms in total. The number of fused-ring (bicyclic) bond motifs is 1. The van der Waals surface area contributed by atoms with Gasteiger partial charge in [0.2, 0.25) is 0 Å². The van der Waals surface area contributed by atoms with Gasteiger partial charge >= 0.3 is 0 Å². The van der Waals surface area contributed by atoms with Gasteiger partial charge in [-0.2, -0.15) is 0 Å². The molecule has 1 N–H and O–H groups in total. The molecule has 6 heteroatoms. The monoisotopic (exact) mass is 367 g/mol. The van der Waals surface area contributed by atoms with Crippen molar-refractivity contribution in [3.8, 4) is 0 Å². The first-order valence-corrected chi connectivity index (χ1v) is 9.43. The molecular weight excluding hydrogens is 346 g/mol. The molecule has 1 fully saturated rings. The molecule has 26 heavy (non-hydrogen) atoms. The summed E-state index contributed by atoms with van der Waals surface area (Å²) in [4.78, 5) is 15.5. The fourth-order valence-electron chi connectivity index (χ4n) is 3.42. The molecule has 0 atom stereocenters. The van der Waals surface area contributed by atoms with Crippen molar-refractivity contribution in [1.82, 2.24) is 19.9 Å². The van der Waals surface area contributed by atoms with Crippen molar-refractivity contribution in [3.63, 3.8) is 0 Å². The van der Waals surface area contributed by atoms with Gasteiger partial charge in [0.15, 0.2) is 5.65 Å². The predicted molar refractivity (Wildman–Crippen MR) is 105 cm³/mol. The highest BCUT2D eigenvalue weighted by molar-refractivity contribution is 6.31. The summed E-state index contributed by atoms with van der Waals surface area (Å²) in [6.07, 6.45) is 5.73. The number of pyridine rings is 1. The summed E-state index contributed by atoms with van der Waals surface area (Å²) in [6.45, 7) is 4.09. The Bertz CT molecular complexity index is 877. The Morgan fingerprint density at radius 2 is 1.85 bits per heavy atom. The van der Waals surface area contributed by atoms with E-state index in [0.717, 1.165) is 42.5 Å². The van der Waals surface area contributed by atoms with E-state index < -0.39 is 0 Å². The summed E-state index contributed by atoms with van der Waals surface area (Å²) in [6, 6.07) is 12.1. The Morgan fingerprint density at radius 1 is 1.04 bits per heavy atom. The van der Waals surface area contributed by atoms with Crippen molar-refractivity contribution in [3.05, 3.63) is 59.4 Å². The van der Waals surface area contributed by atoms with E-state index in [1.165, 1.54) is 18.4 Å². The third-order valence-electron chi connectivity index (χ3n) is 4.96. The van der Waals surface area contributed by atoms with Gasteiger partial charge in [-0.1, -0.05) is 29.8 Å². The molecule has 2 aromatic heterocycles. The summed E-state index contributed by atoms with van der Waals surface area (Å²) < 4.78 is 0. The van der Waals surface area contributed by atoms with Crippen molar-refractivity contribution in [2.24, 2.45) is 5.92 Å². The topological polar surface area (TPSA) is 53.9 Å². The van der Waals surface area contributed by atoms with Gasteiger partial charge in [0.05, 0.1) is 0 Å². The van der Waals surface area contributed by atoms with E-state index in [1.807, 2.05) is 24.3 Å². The number of halogens is 1. The van der Waals surface area contributed by atoms with Crippen LogP contribution in [0, 0.1) is 5.92 Å². The van der Waals surface area contributed by atoms with E-state index in [0.29, 0.717) is 11.6 Å². The van der Waals surface area contributed by atoms with Gasteiger partial charge in [-0.3, -0.25) is 9.88 Å². The fourth-order valence-corrected chi connectivity index (χ4v) is 3.61. The minimum Gasteiger partial charge on any atom is -0.370 e. The first-order chi connectivity index (χ1) is 12.8. The largest absolute Gasteiger partial charge is 0.370 e. The molecule has 1 saturated heterocycles. The molecule has 1 aromatic carbocycles. The molecule has 134 valence electrons. The number of aromatic nitrogens is 3. The molecule has 0 bridgehead atoms. The first-order valence-electron chi connectivity index (χ1n) is 9.05. The Hall–Kier alpha value is -2.24. The molecule has 1 aliphatic rings. The summed E-state index contributed by atoms with van der Waals surface area (Å²) in [5.74, 6) is 1.54. The van der Waals surface area contributed by atoms with E-state index in [9.17, 15) is 0 Å². The highest BCUT2D eigenvalue weighted by Crippen LogP contribution is 2.22. The van der Waals surface area contributed by atoms with Crippen molar-refractivity contribution in [2.75, 3.05) is 25.0 Å². The highest BCUT2D eigenvalue weighted by Gasteiger charge is 2.19. The number of rotatable bonds is 5. The minimum atomic E-state index is 0.664. The number of piperidine rings is 1. The molecule has 0 aliphatic carbocycles. The quantitative estimate of drug-likeness (QED) is 0.738. The van der Waals surface area contributed by atoms with E-state index >= 15 is 0 Å². The number of anilines is 1. The van der Waals surface area contributed by atoms with Crippen LogP contribution in [0.3, 0.4) is 0 Å². The van der Waals surface area contributed by atoms with Gasteiger partial charge in [0.1, 0.15) is 11.3 Å². The van der Waals surface area contributed by atoms with Gasteiger partial charge < -0.3 is 5.32 Å². The second-order valence-electron chi connectivity index (χ2n) is 6.79. The van der Waals surface area contributed by atoms with Gasteiger partial charge in [0.25, 0.3) is 0 Å². The van der Waals surface area contributed by atoms with E-state index in [2.05, 4.69) is 37.3 Å². The molecule has 0 amide bonds. The maximum Gasteiger partial charge on any atom is 0.180 e. The maximum absolute atomic E-state index is 6.28. The zero-order valence-corrected chi connectivity index (χ0v) is 15.4. The van der Waals surface area contributed by atoms with Crippen LogP contribution in [0.5, 0.6) is 0 Å². The molecular formula is C20H22ClN5. The average Bonchev–Trinajstić information content (AvgIpc) is 2.69. The maximum atomic E-state index is 6.28. The molecule has 0 unspecified atom stereocenters. The van der Waals surface area contributed by atoms with Crippen molar-refractivity contribution < 1.29 is 0 Å². The summed E-state index contributed by atoms with van der Waals surface area (Å²) in [5.41, 5.74) is 2.73. The van der Waals surface area contributed by atoms with Crippen LogP contribution in [0.2, 0.25) is 5.02 Å². The number of hydrogen-bond acceptors (Lipinski definition) is 5. The van der Waals surface area contributed by atoms with Gasteiger partial charge in [-0.05, 0) is 55.6 Å². The Balaban J connectivity index is 1.27. The fraction of sp³-hybridized carbons (Fsp3) is 0.350. The molecule has 0 spiro atoms. The van der Waals surface area contributed by atoms with Crippen LogP contribution in [0.1, 0.15) is 18.4 Å². The van der Waals surface area contributed by atoms with Crippen molar-refractivity contribution >= 4 is 28.6 Å². The van der Waals surface area contributed by atoms with Crippen molar-refractivity contribution in [1.29, 1.82) is 0 Å². The second kappa shape index (κ2) is 7.98. The lowest BCUT2D eigenvalue weighted by atomic mass is 9.96. The molecule has 4 rings (SSSR count). The van der Waals surface area contributed by atoms with Gasteiger partial charge in [-0.25, -0.2) is 9.97 Å². The number of likely N-dealkylation sites (tertiary alicyclic amines) is 1. The number of nitrogens with one attached hydrogen (secondary N) is 1. The van der Waals surface area contributed by atoms with E-state index in [1.54, 1.807) is 12.4 Å². The van der Waals surface area contributed by atoms with Crippen LogP contribution < -0.4 is 5.32 Å². The normalized spacial score (nSPS) is 16.0. The SMILES string of the molecule is Clc1ccccc1CN1CCC(CNc2ccc3nccnc3n2)CC1. The van der Waals surface area contributed by atoms with E-state index in [4.69, 9.17) is 11.6 Å². The summed E-state index contributed by atoms with van der Waals surface area (Å²) in [7, 11) is 0. The standard InChI is InChI=1S/C20H22ClN5/c21-17-4-2-1-3-16(17)14-26-11-7-15(8-12-26)13-24-19-6-5-18-20(25-19)23-10-9-22-18/h1-6,9-10,15H,7-8,11-14H2,(H,23,24,25). The van der Waals surface area contributed by atoms with Crippen LogP contribution in [0.15, 0.2) is 48.8 Å². The number of nitrogens with zero attached hydrogens (tertiary/aromatic N) is 4. The molecule has 3 heterocycles. The van der Waals surface area contributed by atoms with Crippen LogP contribution >= 0.6 is 11.6 Å². The average molecular weight is 368 g/mol. The third kappa shape index (κ3) is 4.11.